The van der Waals surface area contributed by atoms with E-state index in [-0.39, 0.29) is 0 Å². The highest BCUT2D eigenvalue weighted by atomic mass is 79.9. The van der Waals surface area contributed by atoms with E-state index < -0.39 is 0 Å². The molecule has 0 saturated carbocycles. The molecule has 0 aliphatic carbocycles. The molecule has 20 heavy (non-hydrogen) atoms. The van der Waals surface area contributed by atoms with Crippen LogP contribution >= 0.6 is 15.9 Å². The van der Waals surface area contributed by atoms with E-state index in [0.717, 1.165) is 34.6 Å². The van der Waals surface area contributed by atoms with Gasteiger partial charge in [0.2, 0.25) is 5.88 Å². The van der Waals surface area contributed by atoms with Gasteiger partial charge in [0.25, 0.3) is 0 Å². The number of nitrogens with zero attached hydrogens (tertiary/aromatic N) is 2. The Bertz CT molecular complexity index is 602. The fourth-order valence-corrected chi connectivity index (χ4v) is 1.98. The highest BCUT2D eigenvalue weighted by Gasteiger charge is 2.05. The van der Waals surface area contributed by atoms with E-state index in [1.807, 2.05) is 38.1 Å². The molecule has 1 aromatic heterocycles. The van der Waals surface area contributed by atoms with Crippen molar-refractivity contribution in [3.05, 3.63) is 40.1 Å². The summed E-state index contributed by atoms with van der Waals surface area (Å²) in [6.45, 7) is 6.88. The third kappa shape index (κ3) is 3.93. The summed E-state index contributed by atoms with van der Waals surface area (Å²) in [4.78, 5) is 8.64. The monoisotopic (exact) mass is 335 g/mol. The summed E-state index contributed by atoms with van der Waals surface area (Å²) in [5, 5.41) is 3.24. The number of anilines is 1. The second kappa shape index (κ2) is 6.70. The van der Waals surface area contributed by atoms with Crippen LogP contribution in [0.25, 0.3) is 0 Å². The summed E-state index contributed by atoms with van der Waals surface area (Å²) in [6, 6.07) is 7.67. The Morgan fingerprint density at radius 1 is 1.20 bits per heavy atom. The molecular weight excluding hydrogens is 318 g/mol. The number of hydrogen-bond donors (Lipinski definition) is 1. The fraction of sp³-hybridized carbons (Fsp3) is 0.333. The van der Waals surface area contributed by atoms with Gasteiger partial charge in [-0.1, -0.05) is 22.9 Å². The fourth-order valence-electron chi connectivity index (χ4n) is 1.74. The van der Waals surface area contributed by atoms with Gasteiger partial charge in [0.1, 0.15) is 17.4 Å². The van der Waals surface area contributed by atoms with E-state index in [4.69, 9.17) is 4.74 Å². The first-order chi connectivity index (χ1) is 9.58. The molecule has 0 atom stereocenters. The van der Waals surface area contributed by atoms with Crippen molar-refractivity contribution in [3.63, 3.8) is 0 Å². The summed E-state index contributed by atoms with van der Waals surface area (Å²) in [7, 11) is 0. The van der Waals surface area contributed by atoms with Crippen LogP contribution in [0.5, 0.6) is 11.6 Å². The number of ether oxygens (including phenoxy) is 1. The zero-order chi connectivity index (χ0) is 14.5. The predicted octanol–water partition coefficient (Wildman–Crippen LogP) is 4.47. The number of aromatic nitrogens is 2. The third-order valence-corrected chi connectivity index (χ3v) is 3.61. The van der Waals surface area contributed by atoms with Crippen LogP contribution in [0.4, 0.5) is 5.82 Å². The van der Waals surface area contributed by atoms with Gasteiger partial charge in [-0.05, 0) is 44.0 Å². The van der Waals surface area contributed by atoms with Crippen molar-refractivity contribution in [2.24, 2.45) is 0 Å². The summed E-state index contributed by atoms with van der Waals surface area (Å²) in [5.41, 5.74) is 1.12. The molecular formula is C15H18BrN3O. The molecule has 5 heteroatoms. The molecule has 4 nitrogen and oxygen atoms in total. The molecule has 0 radical (unpaired) electrons. The maximum atomic E-state index is 5.80. The van der Waals surface area contributed by atoms with Crippen molar-refractivity contribution in [3.8, 4) is 11.6 Å². The first-order valence-corrected chi connectivity index (χ1v) is 7.41. The van der Waals surface area contributed by atoms with Gasteiger partial charge in [-0.3, -0.25) is 0 Å². The van der Waals surface area contributed by atoms with Gasteiger partial charge in [0.15, 0.2) is 0 Å². The van der Waals surface area contributed by atoms with Gasteiger partial charge in [-0.15, -0.1) is 0 Å². The Morgan fingerprint density at radius 3 is 2.70 bits per heavy atom. The van der Waals surface area contributed by atoms with E-state index in [2.05, 4.69) is 38.1 Å². The van der Waals surface area contributed by atoms with Gasteiger partial charge in [-0.25, -0.2) is 4.98 Å². The zero-order valence-electron chi connectivity index (χ0n) is 11.9. The van der Waals surface area contributed by atoms with Crippen LogP contribution in [0, 0.1) is 13.8 Å². The molecule has 0 spiro atoms. The molecule has 2 rings (SSSR count). The highest BCUT2D eigenvalue weighted by molar-refractivity contribution is 9.10. The van der Waals surface area contributed by atoms with Crippen molar-refractivity contribution in [1.29, 1.82) is 0 Å². The minimum absolute atomic E-state index is 0.554. The van der Waals surface area contributed by atoms with Crippen LogP contribution in [-0.4, -0.2) is 16.5 Å². The average molecular weight is 336 g/mol. The Hall–Kier alpha value is -1.62. The van der Waals surface area contributed by atoms with Gasteiger partial charge >= 0.3 is 0 Å². The van der Waals surface area contributed by atoms with E-state index in [0.29, 0.717) is 11.7 Å². The van der Waals surface area contributed by atoms with Crippen LogP contribution in [0.2, 0.25) is 0 Å². The lowest BCUT2D eigenvalue weighted by atomic mass is 10.2. The number of benzene rings is 1. The van der Waals surface area contributed by atoms with Crippen LogP contribution in [0.1, 0.15) is 24.7 Å². The minimum atomic E-state index is 0.554. The van der Waals surface area contributed by atoms with Crippen LogP contribution < -0.4 is 10.1 Å². The van der Waals surface area contributed by atoms with Crippen molar-refractivity contribution in [2.75, 3.05) is 11.9 Å². The Morgan fingerprint density at radius 2 is 2.00 bits per heavy atom. The van der Waals surface area contributed by atoms with Crippen molar-refractivity contribution >= 4 is 21.7 Å². The molecule has 2 aromatic rings. The van der Waals surface area contributed by atoms with Crippen LogP contribution in [0.15, 0.2) is 28.7 Å². The third-order valence-electron chi connectivity index (χ3n) is 2.72. The van der Waals surface area contributed by atoms with Gasteiger partial charge in [0.05, 0.1) is 0 Å². The zero-order valence-corrected chi connectivity index (χ0v) is 13.5. The molecule has 0 fully saturated rings. The number of hydrogen-bond acceptors (Lipinski definition) is 4. The number of halogens is 1. The Kier molecular flexibility index (Phi) is 4.95. The number of nitrogens with one attached hydrogen (secondary N) is 1. The second-order valence-electron chi connectivity index (χ2n) is 4.58. The molecule has 1 N–H and O–H groups in total. The summed E-state index contributed by atoms with van der Waals surface area (Å²) in [5.74, 6) is 2.81. The maximum Gasteiger partial charge on any atom is 0.224 e. The van der Waals surface area contributed by atoms with Gasteiger partial charge in [-0.2, -0.15) is 4.98 Å². The molecule has 0 bridgehead atoms. The maximum absolute atomic E-state index is 5.80. The summed E-state index contributed by atoms with van der Waals surface area (Å²) in [6.07, 6.45) is 1.05. The van der Waals surface area contributed by atoms with E-state index in [1.54, 1.807) is 0 Å². The van der Waals surface area contributed by atoms with Crippen molar-refractivity contribution < 1.29 is 4.74 Å². The molecule has 0 saturated heterocycles. The molecule has 0 amide bonds. The standard InChI is InChI=1S/C15H18BrN3O/c1-4-7-17-14-9-15(19-11(3)18-14)20-12-5-6-13(16)10(2)8-12/h5-6,8-9H,4,7H2,1-3H3,(H,17,18,19). The van der Waals surface area contributed by atoms with Crippen molar-refractivity contribution in [1.82, 2.24) is 9.97 Å². The molecule has 106 valence electrons. The minimum Gasteiger partial charge on any atom is -0.439 e. The topological polar surface area (TPSA) is 47.0 Å². The average Bonchev–Trinajstić information content (AvgIpc) is 2.40. The van der Waals surface area contributed by atoms with E-state index in [9.17, 15) is 0 Å². The van der Waals surface area contributed by atoms with Crippen LogP contribution in [-0.2, 0) is 0 Å². The summed E-state index contributed by atoms with van der Waals surface area (Å²) < 4.78 is 6.87. The second-order valence-corrected chi connectivity index (χ2v) is 5.43. The number of rotatable bonds is 5. The van der Waals surface area contributed by atoms with Gasteiger partial charge in [0, 0.05) is 17.1 Å². The Balaban J connectivity index is 2.19. The summed E-state index contributed by atoms with van der Waals surface area (Å²) >= 11 is 3.48. The van der Waals surface area contributed by atoms with Gasteiger partial charge < -0.3 is 10.1 Å². The molecule has 0 aliphatic heterocycles. The first-order valence-electron chi connectivity index (χ1n) is 6.62. The first kappa shape index (κ1) is 14.8. The highest BCUT2D eigenvalue weighted by Crippen LogP contribution is 2.26. The normalized spacial score (nSPS) is 10.4. The van der Waals surface area contributed by atoms with E-state index in [1.165, 1.54) is 0 Å². The number of aryl methyl sites for hydroxylation is 2. The largest absolute Gasteiger partial charge is 0.439 e. The quantitative estimate of drug-likeness (QED) is 0.875. The lowest BCUT2D eigenvalue weighted by Gasteiger charge is -2.09. The Labute approximate surface area is 127 Å². The lowest BCUT2D eigenvalue weighted by Crippen LogP contribution is -2.04. The predicted molar refractivity (Wildman–Crippen MR) is 84.5 cm³/mol. The SMILES string of the molecule is CCCNc1cc(Oc2ccc(Br)c(C)c2)nc(C)n1. The molecule has 0 unspecified atom stereocenters. The molecule has 1 aromatic carbocycles. The molecule has 0 aliphatic rings. The van der Waals surface area contributed by atoms with Crippen molar-refractivity contribution in [2.45, 2.75) is 27.2 Å². The lowest BCUT2D eigenvalue weighted by molar-refractivity contribution is 0.459. The van der Waals surface area contributed by atoms with Crippen LogP contribution in [0.3, 0.4) is 0 Å². The smallest absolute Gasteiger partial charge is 0.224 e. The molecule has 1 heterocycles. The van der Waals surface area contributed by atoms with E-state index >= 15 is 0 Å².